The summed E-state index contributed by atoms with van der Waals surface area (Å²) in [7, 11) is -4.28. The monoisotopic (exact) mass is 392 g/mol. The first kappa shape index (κ1) is 20.4. The Labute approximate surface area is 157 Å². The molecule has 1 heterocycles. The Hall–Kier alpha value is -2.90. The van der Waals surface area contributed by atoms with Crippen LogP contribution in [0.1, 0.15) is 19.3 Å². The van der Waals surface area contributed by atoms with E-state index in [4.69, 9.17) is 9.81 Å². The van der Waals surface area contributed by atoms with Gasteiger partial charge in [0.25, 0.3) is 16.0 Å². The first-order valence-electron chi connectivity index (χ1n) is 8.31. The minimum Gasteiger partial charge on any atom is -0.360 e. The molecular formula is C17H20N4O5S. The van der Waals surface area contributed by atoms with Crippen LogP contribution in [0.4, 0.5) is 5.69 Å². The molecule has 0 unspecified atom stereocenters. The van der Waals surface area contributed by atoms with Gasteiger partial charge in [0.15, 0.2) is 0 Å². The molecule has 0 aromatic heterocycles. The summed E-state index contributed by atoms with van der Waals surface area (Å²) >= 11 is 0. The van der Waals surface area contributed by atoms with Crippen LogP contribution in [0.5, 0.6) is 0 Å². The van der Waals surface area contributed by atoms with Crippen molar-refractivity contribution >= 4 is 27.6 Å². The van der Waals surface area contributed by atoms with Crippen molar-refractivity contribution in [3.05, 3.63) is 36.0 Å². The molecule has 1 aromatic carbocycles. The van der Waals surface area contributed by atoms with Gasteiger partial charge in [-0.15, -0.1) is 0 Å². The van der Waals surface area contributed by atoms with Gasteiger partial charge in [0.1, 0.15) is 11.6 Å². The summed E-state index contributed by atoms with van der Waals surface area (Å²) < 4.78 is 30.9. The Morgan fingerprint density at radius 2 is 2.04 bits per heavy atom. The Kier molecular flexibility index (Phi) is 6.92. The zero-order valence-electron chi connectivity index (χ0n) is 14.5. The van der Waals surface area contributed by atoms with Gasteiger partial charge < -0.3 is 15.5 Å². The molecule has 0 atom stereocenters. The maximum atomic E-state index is 12.0. The minimum absolute atomic E-state index is 0.128. The molecule has 10 heteroatoms. The van der Waals surface area contributed by atoms with Crippen molar-refractivity contribution in [1.82, 2.24) is 10.2 Å². The number of anilines is 1. The van der Waals surface area contributed by atoms with Crippen molar-refractivity contribution in [2.75, 3.05) is 25.0 Å². The maximum absolute atomic E-state index is 12.0. The van der Waals surface area contributed by atoms with Gasteiger partial charge in [-0.1, -0.05) is 0 Å². The topological polar surface area (TPSA) is 140 Å². The van der Waals surface area contributed by atoms with E-state index in [0.29, 0.717) is 31.6 Å². The van der Waals surface area contributed by atoms with Crippen molar-refractivity contribution in [3.63, 3.8) is 0 Å². The molecular weight excluding hydrogens is 372 g/mol. The molecule has 2 rings (SSSR count). The van der Waals surface area contributed by atoms with Crippen LogP contribution >= 0.6 is 0 Å². The van der Waals surface area contributed by atoms with Crippen LogP contribution in [0.3, 0.4) is 0 Å². The van der Waals surface area contributed by atoms with Gasteiger partial charge in [0.2, 0.25) is 5.91 Å². The fourth-order valence-corrected chi connectivity index (χ4v) is 3.01. The maximum Gasteiger partial charge on any atom is 0.294 e. The van der Waals surface area contributed by atoms with Crippen LogP contribution in [0.15, 0.2) is 40.9 Å². The Balaban J connectivity index is 1.83. The molecule has 1 aliphatic rings. The van der Waals surface area contributed by atoms with E-state index in [1.165, 1.54) is 30.5 Å². The van der Waals surface area contributed by atoms with Crippen molar-refractivity contribution in [2.24, 2.45) is 0 Å². The molecule has 2 amide bonds. The third-order valence-corrected chi connectivity index (χ3v) is 4.83. The van der Waals surface area contributed by atoms with Crippen molar-refractivity contribution < 1.29 is 22.6 Å². The van der Waals surface area contributed by atoms with Gasteiger partial charge in [0.05, 0.1) is 4.90 Å². The largest absolute Gasteiger partial charge is 0.360 e. The lowest BCUT2D eigenvalue weighted by molar-refractivity contribution is -0.127. The third-order valence-electron chi connectivity index (χ3n) is 3.96. The third kappa shape index (κ3) is 6.09. The molecule has 1 saturated heterocycles. The number of nitrogens with zero attached hydrogens (tertiary/aromatic N) is 2. The van der Waals surface area contributed by atoms with E-state index in [9.17, 15) is 18.0 Å². The predicted octanol–water partition coefficient (Wildman–Crippen LogP) is 0.881. The Morgan fingerprint density at radius 1 is 1.33 bits per heavy atom. The zero-order valence-corrected chi connectivity index (χ0v) is 15.3. The minimum atomic E-state index is -4.28. The second-order valence-corrected chi connectivity index (χ2v) is 7.33. The van der Waals surface area contributed by atoms with E-state index in [-0.39, 0.29) is 16.4 Å². The molecule has 27 heavy (non-hydrogen) atoms. The summed E-state index contributed by atoms with van der Waals surface area (Å²) in [5, 5.41) is 14.4. The Bertz CT molecular complexity index is 872. The second-order valence-electron chi connectivity index (χ2n) is 5.91. The summed E-state index contributed by atoms with van der Waals surface area (Å²) in [6.45, 7) is 1.66. The van der Waals surface area contributed by atoms with E-state index < -0.39 is 16.0 Å². The summed E-state index contributed by atoms with van der Waals surface area (Å²) in [5.41, 5.74) is 0.293. The van der Waals surface area contributed by atoms with E-state index in [1.807, 2.05) is 0 Å². The highest BCUT2D eigenvalue weighted by Gasteiger charge is 2.19. The van der Waals surface area contributed by atoms with Crippen LogP contribution in [0.25, 0.3) is 0 Å². The number of carbonyl (C=O) groups is 2. The lowest BCUT2D eigenvalue weighted by atomic mass is 10.2. The predicted molar refractivity (Wildman–Crippen MR) is 97.0 cm³/mol. The number of amides is 2. The lowest BCUT2D eigenvalue weighted by Crippen LogP contribution is -2.31. The lowest BCUT2D eigenvalue weighted by Gasteiger charge is -2.15. The van der Waals surface area contributed by atoms with E-state index in [2.05, 4.69) is 10.6 Å². The average Bonchev–Trinajstić information content (AvgIpc) is 3.04. The fraction of sp³-hybridized carbons (Fsp3) is 0.353. The van der Waals surface area contributed by atoms with Gasteiger partial charge >= 0.3 is 0 Å². The number of benzene rings is 1. The average molecular weight is 392 g/mol. The normalized spacial score (nSPS) is 14.7. The van der Waals surface area contributed by atoms with Crippen LogP contribution in [-0.4, -0.2) is 49.3 Å². The summed E-state index contributed by atoms with van der Waals surface area (Å²) in [6.07, 6.45) is 3.25. The molecule has 1 aromatic rings. The number of nitriles is 1. The highest BCUT2D eigenvalue weighted by Crippen LogP contribution is 2.14. The molecule has 3 N–H and O–H groups in total. The second kappa shape index (κ2) is 9.16. The van der Waals surface area contributed by atoms with Crippen molar-refractivity contribution in [1.29, 1.82) is 5.26 Å². The summed E-state index contributed by atoms with van der Waals surface area (Å²) in [4.78, 5) is 25.0. The molecule has 0 saturated carbocycles. The number of hydrogen-bond acceptors (Lipinski definition) is 6. The number of nitrogens with one attached hydrogen (secondary N) is 2. The smallest absolute Gasteiger partial charge is 0.294 e. The molecule has 144 valence electrons. The van der Waals surface area contributed by atoms with Gasteiger partial charge in [-0.25, -0.2) is 0 Å². The summed E-state index contributed by atoms with van der Waals surface area (Å²) in [6, 6.07) is 6.94. The van der Waals surface area contributed by atoms with Crippen LogP contribution in [0.2, 0.25) is 0 Å². The van der Waals surface area contributed by atoms with Crippen molar-refractivity contribution in [3.8, 4) is 6.07 Å². The molecule has 0 bridgehead atoms. The number of hydrogen-bond donors (Lipinski definition) is 3. The quantitative estimate of drug-likeness (QED) is 0.258. The molecule has 0 radical (unpaired) electrons. The molecule has 1 aliphatic heterocycles. The molecule has 0 aliphatic carbocycles. The SMILES string of the molecule is N#C/C(=C/Nc1ccc(S(=O)(=O)O)cc1)C(=O)NCCCN1CCCC1=O. The van der Waals surface area contributed by atoms with Crippen molar-refractivity contribution in [2.45, 2.75) is 24.2 Å². The molecule has 0 spiro atoms. The van der Waals surface area contributed by atoms with Crippen LogP contribution < -0.4 is 10.6 Å². The highest BCUT2D eigenvalue weighted by atomic mass is 32.2. The fourth-order valence-electron chi connectivity index (χ4n) is 2.53. The van der Waals surface area contributed by atoms with Gasteiger partial charge in [0, 0.05) is 37.9 Å². The van der Waals surface area contributed by atoms with Gasteiger partial charge in [-0.05, 0) is 37.1 Å². The van der Waals surface area contributed by atoms with E-state index in [1.54, 1.807) is 11.0 Å². The van der Waals surface area contributed by atoms with Crippen LogP contribution in [0, 0.1) is 11.3 Å². The number of rotatable bonds is 8. The van der Waals surface area contributed by atoms with Gasteiger partial charge in [-0.2, -0.15) is 13.7 Å². The van der Waals surface area contributed by atoms with Crippen LogP contribution in [-0.2, 0) is 19.7 Å². The highest BCUT2D eigenvalue weighted by molar-refractivity contribution is 7.85. The Morgan fingerprint density at radius 3 is 2.59 bits per heavy atom. The zero-order chi connectivity index (χ0) is 19.9. The molecule has 1 fully saturated rings. The van der Waals surface area contributed by atoms with E-state index >= 15 is 0 Å². The first-order valence-corrected chi connectivity index (χ1v) is 9.75. The number of likely N-dealkylation sites (tertiary alicyclic amines) is 1. The van der Waals surface area contributed by atoms with E-state index in [0.717, 1.165) is 13.0 Å². The van der Waals surface area contributed by atoms with Gasteiger partial charge in [-0.3, -0.25) is 14.1 Å². The number of carbonyl (C=O) groups excluding carboxylic acids is 2. The standard InChI is InChI=1S/C17H20N4O5S/c18-11-13(12-20-14-4-6-15(7-5-14)27(24,25)26)17(23)19-8-2-10-21-9-1-3-16(21)22/h4-7,12,20H,1-3,8-10H2,(H,19,23)(H,24,25,26)/b13-12-. The molecule has 9 nitrogen and oxygen atoms in total. The summed E-state index contributed by atoms with van der Waals surface area (Å²) in [5.74, 6) is -0.421. The first-order chi connectivity index (χ1) is 12.8.